The van der Waals surface area contributed by atoms with Crippen molar-refractivity contribution in [3.63, 3.8) is 0 Å². The molecule has 0 saturated carbocycles. The molecule has 1 aromatic heterocycles. The van der Waals surface area contributed by atoms with E-state index in [0.29, 0.717) is 44.2 Å². The molecular weight excluding hydrogens is 368 g/mol. The fraction of sp³-hybridized carbons (Fsp3) is 0.333. The number of aromatic nitrogens is 1. The number of pyridine rings is 1. The second kappa shape index (κ2) is 8.26. The Morgan fingerprint density at radius 2 is 1.81 bits per heavy atom. The topological polar surface area (TPSA) is 91.8 Å². The van der Waals surface area contributed by atoms with Gasteiger partial charge in [-0.25, -0.2) is 13.4 Å². The Kier molecular flexibility index (Phi) is 5.80. The molecule has 2 aromatic rings. The van der Waals surface area contributed by atoms with Crippen molar-refractivity contribution in [2.75, 3.05) is 42.4 Å². The normalized spacial score (nSPS) is 14.7. The van der Waals surface area contributed by atoms with Gasteiger partial charge in [-0.1, -0.05) is 0 Å². The molecule has 0 aliphatic carbocycles. The van der Waals surface area contributed by atoms with E-state index in [0.717, 1.165) is 12.2 Å². The molecule has 0 bridgehead atoms. The number of piperazine rings is 1. The highest BCUT2D eigenvalue weighted by Crippen LogP contribution is 2.21. The second-order valence-electron chi connectivity index (χ2n) is 6.04. The summed E-state index contributed by atoms with van der Waals surface area (Å²) in [6, 6.07) is 9.70. The van der Waals surface area contributed by atoms with Gasteiger partial charge in [0, 0.05) is 26.2 Å². The molecule has 1 fully saturated rings. The molecule has 1 aliphatic rings. The summed E-state index contributed by atoms with van der Waals surface area (Å²) in [6.45, 7) is 5.08. The van der Waals surface area contributed by atoms with Crippen molar-refractivity contribution in [1.29, 1.82) is 0 Å². The molecule has 144 valence electrons. The van der Waals surface area contributed by atoms with Gasteiger partial charge in [-0.2, -0.15) is 0 Å². The lowest BCUT2D eigenvalue weighted by Crippen LogP contribution is -2.46. The minimum Gasteiger partial charge on any atom is -0.494 e. The Balaban J connectivity index is 1.65. The third-order valence-electron chi connectivity index (χ3n) is 4.23. The highest BCUT2D eigenvalue weighted by molar-refractivity contribution is 7.92. The zero-order chi connectivity index (χ0) is 19.3. The number of anilines is 2. The predicted molar refractivity (Wildman–Crippen MR) is 103 cm³/mol. The smallest absolute Gasteiger partial charge is 0.261 e. The number of hydrogen-bond acceptors (Lipinski definition) is 6. The van der Waals surface area contributed by atoms with Gasteiger partial charge in [0.2, 0.25) is 6.41 Å². The summed E-state index contributed by atoms with van der Waals surface area (Å²) in [7, 11) is -3.70. The first kappa shape index (κ1) is 19.0. The van der Waals surface area contributed by atoms with Crippen LogP contribution in [0.3, 0.4) is 0 Å². The van der Waals surface area contributed by atoms with Crippen molar-refractivity contribution in [3.05, 3.63) is 42.6 Å². The number of ether oxygens (including phenoxy) is 1. The molecule has 1 aliphatic heterocycles. The van der Waals surface area contributed by atoms with E-state index in [1.165, 1.54) is 18.3 Å². The lowest BCUT2D eigenvalue weighted by molar-refractivity contribution is -0.118. The first-order valence-electron chi connectivity index (χ1n) is 8.68. The van der Waals surface area contributed by atoms with Crippen LogP contribution in [-0.2, 0) is 14.8 Å². The molecule has 2 heterocycles. The van der Waals surface area contributed by atoms with Crippen LogP contribution in [0.2, 0.25) is 0 Å². The van der Waals surface area contributed by atoms with Gasteiger partial charge in [0.15, 0.2) is 0 Å². The molecular formula is C18H22N4O4S. The summed E-state index contributed by atoms with van der Waals surface area (Å²) < 4.78 is 32.8. The Morgan fingerprint density at radius 3 is 2.37 bits per heavy atom. The fourth-order valence-electron chi connectivity index (χ4n) is 2.79. The molecule has 8 nitrogen and oxygen atoms in total. The van der Waals surface area contributed by atoms with Crippen LogP contribution in [0, 0.1) is 0 Å². The zero-order valence-corrected chi connectivity index (χ0v) is 15.9. The predicted octanol–water partition coefficient (Wildman–Crippen LogP) is 1.56. The van der Waals surface area contributed by atoms with E-state index >= 15 is 0 Å². The van der Waals surface area contributed by atoms with Gasteiger partial charge >= 0.3 is 0 Å². The van der Waals surface area contributed by atoms with Crippen LogP contribution in [0.5, 0.6) is 5.75 Å². The Labute approximate surface area is 158 Å². The van der Waals surface area contributed by atoms with Gasteiger partial charge in [0.25, 0.3) is 10.0 Å². The van der Waals surface area contributed by atoms with Gasteiger partial charge < -0.3 is 14.5 Å². The summed E-state index contributed by atoms with van der Waals surface area (Å²) in [5, 5.41) is 0. The summed E-state index contributed by atoms with van der Waals surface area (Å²) in [5.74, 6) is 1.38. The van der Waals surface area contributed by atoms with Crippen molar-refractivity contribution in [2.45, 2.75) is 11.8 Å². The van der Waals surface area contributed by atoms with Crippen molar-refractivity contribution in [3.8, 4) is 5.75 Å². The standard InChI is InChI=1S/C18H22N4O4S/c1-2-26-16-4-6-17(7-5-16)27(24,25)20-15-3-8-18(19-13-15)22-11-9-21(14-23)10-12-22/h3-8,13-14,20H,2,9-12H2,1H3. The summed E-state index contributed by atoms with van der Waals surface area (Å²) in [5.41, 5.74) is 0.388. The fourth-order valence-corrected chi connectivity index (χ4v) is 3.83. The largest absolute Gasteiger partial charge is 0.494 e. The third kappa shape index (κ3) is 4.68. The van der Waals surface area contributed by atoms with E-state index in [2.05, 4.69) is 14.6 Å². The summed E-state index contributed by atoms with van der Waals surface area (Å²) >= 11 is 0. The zero-order valence-electron chi connectivity index (χ0n) is 15.0. The lowest BCUT2D eigenvalue weighted by Gasteiger charge is -2.33. The minimum absolute atomic E-state index is 0.153. The lowest BCUT2D eigenvalue weighted by atomic mass is 10.3. The molecule has 1 N–H and O–H groups in total. The van der Waals surface area contributed by atoms with E-state index < -0.39 is 10.0 Å². The maximum absolute atomic E-state index is 12.5. The van der Waals surface area contributed by atoms with Crippen molar-refractivity contribution >= 4 is 27.9 Å². The van der Waals surface area contributed by atoms with Gasteiger partial charge in [0.1, 0.15) is 11.6 Å². The van der Waals surface area contributed by atoms with Crippen molar-refractivity contribution in [2.24, 2.45) is 0 Å². The van der Waals surface area contributed by atoms with E-state index in [4.69, 9.17) is 4.74 Å². The number of carbonyl (C=O) groups is 1. The number of amides is 1. The SMILES string of the molecule is CCOc1ccc(S(=O)(=O)Nc2ccc(N3CCN(C=O)CC3)nc2)cc1. The molecule has 27 heavy (non-hydrogen) atoms. The van der Waals surface area contributed by atoms with Crippen LogP contribution >= 0.6 is 0 Å². The van der Waals surface area contributed by atoms with E-state index in [9.17, 15) is 13.2 Å². The van der Waals surface area contributed by atoms with E-state index in [-0.39, 0.29) is 4.90 Å². The van der Waals surface area contributed by atoms with Gasteiger partial charge in [-0.3, -0.25) is 9.52 Å². The number of nitrogens with one attached hydrogen (secondary N) is 1. The maximum atomic E-state index is 12.5. The molecule has 3 rings (SSSR count). The summed E-state index contributed by atoms with van der Waals surface area (Å²) in [4.78, 5) is 19.0. The van der Waals surface area contributed by atoms with Crippen LogP contribution < -0.4 is 14.4 Å². The summed E-state index contributed by atoms with van der Waals surface area (Å²) in [6.07, 6.45) is 2.34. The highest BCUT2D eigenvalue weighted by atomic mass is 32.2. The third-order valence-corrected chi connectivity index (χ3v) is 5.63. The monoisotopic (exact) mass is 390 g/mol. The number of nitrogens with zero attached hydrogens (tertiary/aromatic N) is 3. The van der Waals surface area contributed by atoms with E-state index in [1.807, 2.05) is 6.92 Å². The van der Waals surface area contributed by atoms with Crippen LogP contribution in [0.15, 0.2) is 47.5 Å². The molecule has 0 spiro atoms. The van der Waals surface area contributed by atoms with Crippen LogP contribution in [0.25, 0.3) is 0 Å². The molecule has 0 atom stereocenters. The molecule has 1 aromatic carbocycles. The highest BCUT2D eigenvalue weighted by Gasteiger charge is 2.18. The van der Waals surface area contributed by atoms with Crippen molar-refractivity contribution < 1.29 is 17.9 Å². The van der Waals surface area contributed by atoms with Gasteiger partial charge in [0.05, 0.1) is 23.4 Å². The average Bonchev–Trinajstić information content (AvgIpc) is 2.69. The minimum atomic E-state index is -3.70. The van der Waals surface area contributed by atoms with E-state index in [1.54, 1.807) is 29.2 Å². The Bertz CT molecular complexity index is 861. The van der Waals surface area contributed by atoms with Gasteiger partial charge in [-0.15, -0.1) is 0 Å². The Hall–Kier alpha value is -2.81. The van der Waals surface area contributed by atoms with Crippen LogP contribution in [0.1, 0.15) is 6.92 Å². The molecule has 9 heteroatoms. The molecule has 1 saturated heterocycles. The van der Waals surface area contributed by atoms with Crippen LogP contribution in [0.4, 0.5) is 11.5 Å². The number of sulfonamides is 1. The maximum Gasteiger partial charge on any atom is 0.261 e. The molecule has 1 amide bonds. The molecule has 0 radical (unpaired) electrons. The van der Waals surface area contributed by atoms with Gasteiger partial charge in [-0.05, 0) is 43.3 Å². The number of carbonyl (C=O) groups excluding carboxylic acids is 1. The number of hydrogen-bond donors (Lipinski definition) is 1. The van der Waals surface area contributed by atoms with Crippen molar-refractivity contribution in [1.82, 2.24) is 9.88 Å². The quantitative estimate of drug-likeness (QED) is 0.722. The number of benzene rings is 1. The Morgan fingerprint density at radius 1 is 1.11 bits per heavy atom. The first-order valence-corrected chi connectivity index (χ1v) is 10.2. The molecule has 0 unspecified atom stereocenters. The average molecular weight is 390 g/mol. The second-order valence-corrected chi connectivity index (χ2v) is 7.73. The first-order chi connectivity index (χ1) is 13.0. The number of rotatable bonds is 7. The van der Waals surface area contributed by atoms with Crippen LogP contribution in [-0.4, -0.2) is 57.5 Å².